The minimum atomic E-state index is -0.664. The van der Waals surface area contributed by atoms with Gasteiger partial charge in [-0.05, 0) is 51.4 Å². The number of carbonyl (C=O) groups is 2. The average molecular weight is 876 g/mol. The highest BCUT2D eigenvalue weighted by Crippen LogP contribution is 2.17. The molecule has 1 amide bonds. The van der Waals surface area contributed by atoms with Crippen molar-refractivity contribution in [3.05, 3.63) is 12.2 Å². The van der Waals surface area contributed by atoms with E-state index in [0.29, 0.717) is 25.9 Å². The minimum Gasteiger partial charge on any atom is -0.466 e. The Hall–Kier alpha value is -1.40. The second kappa shape index (κ2) is 52.2. The number of hydrogen-bond donors (Lipinski definition) is 3. The van der Waals surface area contributed by atoms with Crippen molar-refractivity contribution in [3.8, 4) is 0 Å². The molecule has 0 aliphatic rings. The Bertz CT molecular complexity index is 924. The molecule has 6 nitrogen and oxygen atoms in total. The van der Waals surface area contributed by atoms with Crippen molar-refractivity contribution in [2.24, 2.45) is 0 Å². The van der Waals surface area contributed by atoms with E-state index in [9.17, 15) is 19.8 Å². The van der Waals surface area contributed by atoms with Crippen molar-refractivity contribution in [2.45, 2.75) is 321 Å². The smallest absolute Gasteiger partial charge is 0.305 e. The fourth-order valence-electron chi connectivity index (χ4n) is 8.75. The summed E-state index contributed by atoms with van der Waals surface area (Å²) < 4.78 is 5.46. The van der Waals surface area contributed by atoms with E-state index < -0.39 is 12.1 Å². The number of rotatable bonds is 52. The van der Waals surface area contributed by atoms with E-state index in [-0.39, 0.29) is 18.5 Å². The first-order valence-corrected chi connectivity index (χ1v) is 27.9. The molecule has 368 valence electrons. The predicted molar refractivity (Wildman–Crippen MR) is 269 cm³/mol. The molecule has 2 atom stereocenters. The number of esters is 1. The van der Waals surface area contributed by atoms with Gasteiger partial charge in [-0.15, -0.1) is 0 Å². The first-order chi connectivity index (χ1) is 30.5. The Morgan fingerprint density at radius 1 is 0.435 bits per heavy atom. The van der Waals surface area contributed by atoms with Gasteiger partial charge in [0.05, 0.1) is 25.4 Å². The van der Waals surface area contributed by atoms with Crippen LogP contribution in [0.3, 0.4) is 0 Å². The predicted octanol–water partition coefficient (Wildman–Crippen LogP) is 16.9. The van der Waals surface area contributed by atoms with Crippen LogP contribution >= 0.6 is 0 Å². The summed E-state index contributed by atoms with van der Waals surface area (Å²) in [5.41, 5.74) is 0. The van der Waals surface area contributed by atoms with Crippen molar-refractivity contribution < 1.29 is 24.5 Å². The zero-order valence-corrected chi connectivity index (χ0v) is 41.9. The van der Waals surface area contributed by atoms with Crippen molar-refractivity contribution >= 4 is 11.9 Å². The van der Waals surface area contributed by atoms with E-state index in [4.69, 9.17) is 4.74 Å². The molecular weight excluding hydrogens is 767 g/mol. The van der Waals surface area contributed by atoms with Crippen LogP contribution in [0.1, 0.15) is 309 Å². The molecule has 3 N–H and O–H groups in total. The fourth-order valence-corrected chi connectivity index (χ4v) is 8.75. The summed E-state index contributed by atoms with van der Waals surface area (Å²) >= 11 is 0. The number of unbranched alkanes of at least 4 members (excludes halogenated alkanes) is 39. The SMILES string of the molecule is CCCCC/C=C\CCCCCCCC(=O)OCCCCCCCCCCCCCCCCCCCCCCC(=O)NC(CO)C(O)CCCCCCCCCCCCCCC. The third-order valence-corrected chi connectivity index (χ3v) is 13.1. The van der Waals surface area contributed by atoms with Gasteiger partial charge in [0.1, 0.15) is 0 Å². The Balaban J connectivity index is 3.38. The molecule has 0 fully saturated rings. The highest BCUT2D eigenvalue weighted by atomic mass is 16.5. The van der Waals surface area contributed by atoms with Gasteiger partial charge in [0, 0.05) is 12.8 Å². The molecule has 0 saturated carbocycles. The summed E-state index contributed by atoms with van der Waals surface area (Å²) in [6.45, 7) is 4.93. The van der Waals surface area contributed by atoms with Gasteiger partial charge in [-0.3, -0.25) is 9.59 Å². The van der Waals surface area contributed by atoms with Crippen LogP contribution < -0.4 is 5.32 Å². The number of nitrogens with one attached hydrogen (secondary N) is 1. The normalized spacial score (nSPS) is 12.6. The van der Waals surface area contributed by atoms with Crippen molar-refractivity contribution in [2.75, 3.05) is 13.2 Å². The lowest BCUT2D eigenvalue weighted by Gasteiger charge is -2.22. The van der Waals surface area contributed by atoms with Crippen molar-refractivity contribution in [1.29, 1.82) is 0 Å². The number of aliphatic hydroxyl groups is 2. The maximum absolute atomic E-state index is 12.4. The van der Waals surface area contributed by atoms with E-state index in [1.807, 2.05) is 0 Å². The number of carbonyl (C=O) groups excluding carboxylic acids is 2. The first kappa shape index (κ1) is 60.6. The number of aliphatic hydroxyl groups excluding tert-OH is 2. The molecule has 0 heterocycles. The van der Waals surface area contributed by atoms with Crippen LogP contribution in [0.25, 0.3) is 0 Å². The zero-order chi connectivity index (χ0) is 45.1. The molecule has 0 aromatic carbocycles. The third kappa shape index (κ3) is 48.1. The Morgan fingerprint density at radius 2 is 0.758 bits per heavy atom. The Morgan fingerprint density at radius 3 is 1.18 bits per heavy atom. The maximum atomic E-state index is 12.4. The van der Waals surface area contributed by atoms with Gasteiger partial charge < -0.3 is 20.3 Å². The largest absolute Gasteiger partial charge is 0.466 e. The molecule has 62 heavy (non-hydrogen) atoms. The molecule has 0 aromatic heterocycles. The topological polar surface area (TPSA) is 95.9 Å². The van der Waals surface area contributed by atoms with Gasteiger partial charge >= 0.3 is 5.97 Å². The first-order valence-electron chi connectivity index (χ1n) is 27.9. The van der Waals surface area contributed by atoms with Gasteiger partial charge in [0.2, 0.25) is 5.91 Å². The fraction of sp³-hybridized carbons (Fsp3) is 0.929. The van der Waals surface area contributed by atoms with Gasteiger partial charge in [-0.25, -0.2) is 0 Å². The van der Waals surface area contributed by atoms with Gasteiger partial charge in [-0.2, -0.15) is 0 Å². The Kier molecular flexibility index (Phi) is 51.0. The van der Waals surface area contributed by atoms with Crippen molar-refractivity contribution in [1.82, 2.24) is 5.32 Å². The van der Waals surface area contributed by atoms with Gasteiger partial charge in [0.25, 0.3) is 0 Å². The zero-order valence-electron chi connectivity index (χ0n) is 41.9. The summed E-state index contributed by atoms with van der Waals surface area (Å²) in [5.74, 6) is -0.0352. The molecule has 0 radical (unpaired) electrons. The molecule has 0 aromatic rings. The van der Waals surface area contributed by atoms with Gasteiger partial charge in [-0.1, -0.05) is 257 Å². The number of hydrogen-bond acceptors (Lipinski definition) is 5. The Labute approximate surface area is 387 Å². The van der Waals surface area contributed by atoms with E-state index in [2.05, 4.69) is 31.3 Å². The molecule has 0 aliphatic heterocycles. The van der Waals surface area contributed by atoms with Gasteiger partial charge in [0.15, 0.2) is 0 Å². The summed E-state index contributed by atoms with van der Waals surface area (Å²) in [6, 6.07) is -0.541. The third-order valence-electron chi connectivity index (χ3n) is 13.1. The van der Waals surface area contributed by atoms with E-state index in [0.717, 1.165) is 44.9 Å². The standard InChI is InChI=1S/C56H109NO5/c1-3-5-7-9-11-13-15-25-28-32-36-40-44-48-54(59)53(52-58)57-55(60)49-45-41-37-33-29-26-23-21-19-17-18-20-22-24-27-31-35-39-43-47-51-62-56(61)50-46-42-38-34-30-16-14-12-10-8-6-4-2/h12,14,53-54,58-59H,3-11,13,15-52H2,1-2H3,(H,57,60)/b14-12-. The second-order valence-electron chi connectivity index (χ2n) is 19.3. The quantitative estimate of drug-likeness (QED) is 0.0321. The molecule has 2 unspecified atom stereocenters. The van der Waals surface area contributed by atoms with Crippen LogP contribution in [0.5, 0.6) is 0 Å². The molecule has 0 rings (SSSR count). The monoisotopic (exact) mass is 876 g/mol. The lowest BCUT2D eigenvalue weighted by Crippen LogP contribution is -2.45. The van der Waals surface area contributed by atoms with Crippen LogP contribution in [0, 0.1) is 0 Å². The maximum Gasteiger partial charge on any atom is 0.305 e. The summed E-state index contributed by atoms with van der Waals surface area (Å²) in [4.78, 5) is 24.4. The summed E-state index contributed by atoms with van der Waals surface area (Å²) in [5, 5.41) is 23.2. The molecule has 0 bridgehead atoms. The summed E-state index contributed by atoms with van der Waals surface area (Å²) in [6.07, 6.45) is 60.5. The molecule has 0 aliphatic carbocycles. The summed E-state index contributed by atoms with van der Waals surface area (Å²) in [7, 11) is 0. The molecule has 0 saturated heterocycles. The lowest BCUT2D eigenvalue weighted by atomic mass is 10.0. The molecular formula is C56H109NO5. The molecule has 6 heteroatoms. The van der Waals surface area contributed by atoms with E-state index in [1.165, 1.54) is 231 Å². The van der Waals surface area contributed by atoms with E-state index >= 15 is 0 Å². The highest BCUT2D eigenvalue weighted by Gasteiger charge is 2.20. The lowest BCUT2D eigenvalue weighted by molar-refractivity contribution is -0.143. The van der Waals surface area contributed by atoms with Crippen LogP contribution in [-0.2, 0) is 14.3 Å². The number of allylic oxidation sites excluding steroid dienone is 2. The molecule has 0 spiro atoms. The number of ether oxygens (including phenoxy) is 1. The van der Waals surface area contributed by atoms with Crippen LogP contribution in [0.15, 0.2) is 12.2 Å². The highest BCUT2D eigenvalue weighted by molar-refractivity contribution is 5.76. The minimum absolute atomic E-state index is 0.000779. The second-order valence-corrected chi connectivity index (χ2v) is 19.3. The van der Waals surface area contributed by atoms with Crippen LogP contribution in [-0.4, -0.2) is 47.4 Å². The number of amides is 1. The average Bonchev–Trinajstić information content (AvgIpc) is 3.27. The van der Waals surface area contributed by atoms with Crippen LogP contribution in [0.4, 0.5) is 0 Å². The van der Waals surface area contributed by atoms with Crippen molar-refractivity contribution in [3.63, 3.8) is 0 Å². The van der Waals surface area contributed by atoms with E-state index in [1.54, 1.807) is 0 Å². The van der Waals surface area contributed by atoms with Crippen LogP contribution in [0.2, 0.25) is 0 Å².